The lowest BCUT2D eigenvalue weighted by atomic mass is 10.2. The predicted molar refractivity (Wildman–Crippen MR) is 43.0 cm³/mol. The van der Waals surface area contributed by atoms with Crippen LogP contribution in [0.4, 0.5) is 0 Å². The summed E-state index contributed by atoms with van der Waals surface area (Å²) >= 11 is 0. The van der Waals surface area contributed by atoms with Gasteiger partial charge in [0.2, 0.25) is 0 Å². The van der Waals surface area contributed by atoms with E-state index >= 15 is 0 Å². The molecule has 0 aliphatic heterocycles. The Morgan fingerprint density at radius 1 is 1.33 bits per heavy atom. The van der Waals surface area contributed by atoms with Gasteiger partial charge in [-0.15, -0.1) is 0 Å². The van der Waals surface area contributed by atoms with Crippen molar-refractivity contribution in [2.24, 2.45) is 0 Å². The van der Waals surface area contributed by atoms with Gasteiger partial charge in [0.1, 0.15) is 0 Å². The topological polar surface area (TPSA) is 0 Å². The van der Waals surface area contributed by atoms with E-state index in [4.69, 9.17) is 0 Å². The zero-order chi connectivity index (χ0) is 6.95. The molecule has 0 aromatic carbocycles. The van der Waals surface area contributed by atoms with Gasteiger partial charge in [-0.2, -0.15) is 0 Å². The van der Waals surface area contributed by atoms with Gasteiger partial charge in [-0.1, -0.05) is 39.5 Å². The van der Waals surface area contributed by atoms with E-state index in [1.165, 1.54) is 32.1 Å². The fourth-order valence-corrected chi connectivity index (χ4v) is 0.427. The first kappa shape index (κ1) is 9.00. The molecule has 0 atom stereocenters. The van der Waals surface area contributed by atoms with E-state index in [2.05, 4.69) is 20.3 Å². The summed E-state index contributed by atoms with van der Waals surface area (Å²) in [4.78, 5) is 0. The van der Waals surface area contributed by atoms with E-state index in [1.807, 2.05) is 0 Å². The lowest BCUT2D eigenvalue weighted by Crippen LogP contribution is -1.66. The fourth-order valence-electron chi connectivity index (χ4n) is 0.427. The molecule has 0 heterocycles. The van der Waals surface area contributed by atoms with Crippen molar-refractivity contribution in [1.29, 1.82) is 0 Å². The van der Waals surface area contributed by atoms with Crippen LogP contribution in [-0.4, -0.2) is 0 Å². The summed E-state index contributed by atoms with van der Waals surface area (Å²) in [6.45, 7) is 5.93. The van der Waals surface area contributed by atoms with Crippen LogP contribution in [0.15, 0.2) is 0 Å². The zero-order valence-corrected chi connectivity index (χ0v) is 6.53. The van der Waals surface area contributed by atoms with E-state index in [-0.39, 0.29) is 0 Å². The number of hydrogen-bond donors (Lipinski definition) is 0. The van der Waals surface area contributed by atoms with Crippen LogP contribution in [0.3, 0.4) is 0 Å². The molecule has 0 saturated heterocycles. The normalized spacial score (nSPS) is 14.0. The fraction of sp³-hybridized carbons (Fsp3) is 0.778. The van der Waals surface area contributed by atoms with Crippen molar-refractivity contribution in [2.45, 2.75) is 45.4 Å². The summed E-state index contributed by atoms with van der Waals surface area (Å²) in [5.74, 6) is 0. The van der Waals surface area contributed by atoms with Crippen LogP contribution < -0.4 is 0 Å². The van der Waals surface area contributed by atoms with Crippen LogP contribution in [-0.2, 0) is 0 Å². The van der Waals surface area contributed by atoms with Gasteiger partial charge in [0.25, 0.3) is 0 Å². The second-order valence-corrected chi connectivity index (χ2v) is 2.43. The van der Waals surface area contributed by atoms with Crippen LogP contribution in [0.1, 0.15) is 45.4 Å². The molecule has 1 saturated carbocycles. The van der Waals surface area contributed by atoms with Gasteiger partial charge < -0.3 is 0 Å². The summed E-state index contributed by atoms with van der Waals surface area (Å²) in [5, 5.41) is 0. The zero-order valence-electron chi connectivity index (χ0n) is 6.53. The van der Waals surface area contributed by atoms with E-state index < -0.39 is 0 Å². The first-order valence-corrected chi connectivity index (χ1v) is 4.02. The number of hydrogen-bond acceptors (Lipinski definition) is 0. The summed E-state index contributed by atoms with van der Waals surface area (Å²) in [6.07, 6.45) is 10.1. The summed E-state index contributed by atoms with van der Waals surface area (Å²) in [7, 11) is 0. The Kier molecular flexibility index (Phi) is 8.00. The minimum absolute atomic E-state index is 1.10. The molecule has 1 aliphatic carbocycles. The summed E-state index contributed by atoms with van der Waals surface area (Å²) in [5.41, 5.74) is 0. The van der Waals surface area contributed by atoms with E-state index in [0.29, 0.717) is 0 Å². The molecule has 0 bridgehead atoms. The smallest absolute Gasteiger partial charge is 0.0386 e. The maximum absolute atomic E-state index is 3.72. The maximum atomic E-state index is 3.72. The first-order chi connectivity index (χ1) is 4.41. The quantitative estimate of drug-likeness (QED) is 0.508. The highest BCUT2D eigenvalue weighted by Gasteiger charge is 1.95. The van der Waals surface area contributed by atoms with Gasteiger partial charge in [0.15, 0.2) is 0 Å². The van der Waals surface area contributed by atoms with Crippen molar-refractivity contribution in [1.82, 2.24) is 0 Å². The molecule has 0 nitrogen and oxygen atoms in total. The average molecular weight is 126 g/mol. The molecule has 0 aromatic heterocycles. The lowest BCUT2D eigenvalue weighted by molar-refractivity contribution is 0.728. The number of rotatable bonds is 3. The largest absolute Gasteiger partial charge is 0.0654 e. The molecule has 1 rings (SSSR count). The van der Waals surface area contributed by atoms with Crippen LogP contribution in [0.2, 0.25) is 0 Å². The third-order valence-corrected chi connectivity index (χ3v) is 1.14. The van der Waals surface area contributed by atoms with Gasteiger partial charge in [-0.25, -0.2) is 0 Å². The minimum Gasteiger partial charge on any atom is -0.0654 e. The molecule has 0 heteroatoms. The Balaban J connectivity index is 0.000000173. The molecule has 0 unspecified atom stereocenters. The second kappa shape index (κ2) is 8.00. The molecule has 1 aliphatic rings. The molecule has 54 valence electrons. The Morgan fingerprint density at radius 3 is 2.00 bits per heavy atom. The number of unbranched alkanes of at least 4 members (excludes halogenated alkanes) is 3. The molecule has 0 N–H and O–H groups in total. The van der Waals surface area contributed by atoms with Gasteiger partial charge in [0.05, 0.1) is 0 Å². The van der Waals surface area contributed by atoms with Crippen molar-refractivity contribution < 1.29 is 0 Å². The molecular formula is C9H18. The molecule has 0 aromatic rings. The summed E-state index contributed by atoms with van der Waals surface area (Å²) in [6, 6.07) is 0. The highest BCUT2D eigenvalue weighted by molar-refractivity contribution is 4.79. The van der Waals surface area contributed by atoms with Crippen LogP contribution in [0.25, 0.3) is 0 Å². The molecule has 0 spiro atoms. The second-order valence-electron chi connectivity index (χ2n) is 2.43. The van der Waals surface area contributed by atoms with E-state index in [0.717, 1.165) is 6.42 Å². The Morgan fingerprint density at radius 2 is 1.89 bits per heavy atom. The van der Waals surface area contributed by atoms with E-state index in [1.54, 1.807) is 0 Å². The average Bonchev–Trinajstić information content (AvgIpc) is 2.67. The molecule has 2 radical (unpaired) electrons. The Labute approximate surface area is 59.7 Å². The van der Waals surface area contributed by atoms with Crippen LogP contribution in [0, 0.1) is 13.3 Å². The highest BCUT2D eigenvalue weighted by Crippen LogP contribution is 2.12. The Bertz CT molecular complexity index is 30.5. The third kappa shape index (κ3) is 18.0. The van der Waals surface area contributed by atoms with Crippen LogP contribution in [0.5, 0.6) is 0 Å². The Hall–Kier alpha value is 0. The van der Waals surface area contributed by atoms with Crippen molar-refractivity contribution in [3.8, 4) is 0 Å². The monoisotopic (exact) mass is 126 g/mol. The van der Waals surface area contributed by atoms with E-state index in [9.17, 15) is 0 Å². The SMILES string of the molecule is [CH2]CCCCC.[CH]1CC1. The first-order valence-electron chi connectivity index (χ1n) is 4.02. The van der Waals surface area contributed by atoms with Gasteiger partial charge in [-0.05, 0) is 19.3 Å². The van der Waals surface area contributed by atoms with Gasteiger partial charge >= 0.3 is 0 Å². The maximum Gasteiger partial charge on any atom is -0.0386 e. The van der Waals surface area contributed by atoms with Crippen molar-refractivity contribution in [2.75, 3.05) is 0 Å². The molecule has 1 fully saturated rings. The predicted octanol–water partition coefficient (Wildman–Crippen LogP) is 3.39. The lowest BCUT2D eigenvalue weighted by Gasteiger charge is -1.86. The van der Waals surface area contributed by atoms with Gasteiger partial charge in [-0.3, -0.25) is 0 Å². The molecule has 9 heavy (non-hydrogen) atoms. The molecular weight excluding hydrogens is 108 g/mol. The molecule has 0 amide bonds. The van der Waals surface area contributed by atoms with Crippen LogP contribution >= 0.6 is 0 Å². The van der Waals surface area contributed by atoms with Crippen molar-refractivity contribution in [3.63, 3.8) is 0 Å². The third-order valence-electron chi connectivity index (χ3n) is 1.14. The van der Waals surface area contributed by atoms with Crippen molar-refractivity contribution >= 4 is 0 Å². The van der Waals surface area contributed by atoms with Gasteiger partial charge in [0, 0.05) is 0 Å². The summed E-state index contributed by atoms with van der Waals surface area (Å²) < 4.78 is 0. The minimum atomic E-state index is 1.10. The van der Waals surface area contributed by atoms with Crippen molar-refractivity contribution in [3.05, 3.63) is 13.3 Å². The standard InChI is InChI=1S/C6H13.C3H5/c1-3-5-6-4-2;1-2-3-1/h1,3-6H2,2H3;1H,2-3H2. The highest BCUT2D eigenvalue weighted by atomic mass is 14.0.